The number of nitriles is 1. The van der Waals surface area contributed by atoms with Gasteiger partial charge in [0, 0.05) is 12.7 Å². The van der Waals surface area contributed by atoms with Gasteiger partial charge in [0.15, 0.2) is 0 Å². The zero-order valence-electron chi connectivity index (χ0n) is 10.6. The summed E-state index contributed by atoms with van der Waals surface area (Å²) in [6, 6.07) is 3.47. The Bertz CT molecular complexity index is 442. The Morgan fingerprint density at radius 2 is 2.33 bits per heavy atom. The third-order valence-corrected chi connectivity index (χ3v) is 2.16. The minimum Gasteiger partial charge on any atom is -0.465 e. The average Bonchev–Trinajstić information content (AvgIpc) is 2.38. The minimum atomic E-state index is -0.322. The fourth-order valence-corrected chi connectivity index (χ4v) is 1.45. The molecule has 1 rings (SSSR count). The molecule has 0 bridgehead atoms. The number of carbonyl (C=O) groups excluding carboxylic acids is 1. The smallest absolute Gasteiger partial charge is 0.325 e. The molecule has 0 N–H and O–H groups in total. The van der Waals surface area contributed by atoms with Crippen molar-refractivity contribution < 1.29 is 9.53 Å². The van der Waals surface area contributed by atoms with Gasteiger partial charge < -0.3 is 9.64 Å². The molecule has 0 aliphatic rings. The SMILES string of the molecule is CCCN(CC(=O)OCC)c1nccc(C#N)n1. The van der Waals surface area contributed by atoms with Gasteiger partial charge in [-0.15, -0.1) is 0 Å². The summed E-state index contributed by atoms with van der Waals surface area (Å²) in [7, 11) is 0. The molecule has 1 heterocycles. The quantitative estimate of drug-likeness (QED) is 0.702. The maximum Gasteiger partial charge on any atom is 0.325 e. The summed E-state index contributed by atoms with van der Waals surface area (Å²) in [5.41, 5.74) is 0.282. The first-order chi connectivity index (χ1) is 8.71. The van der Waals surface area contributed by atoms with Gasteiger partial charge in [0.05, 0.1) is 6.61 Å². The summed E-state index contributed by atoms with van der Waals surface area (Å²) >= 11 is 0. The third kappa shape index (κ3) is 4.01. The second kappa shape index (κ2) is 7.22. The van der Waals surface area contributed by atoms with Crippen LogP contribution >= 0.6 is 0 Å². The molecule has 18 heavy (non-hydrogen) atoms. The predicted molar refractivity (Wildman–Crippen MR) is 65.9 cm³/mol. The average molecular weight is 248 g/mol. The van der Waals surface area contributed by atoms with Gasteiger partial charge in [-0.25, -0.2) is 9.97 Å². The van der Waals surface area contributed by atoms with E-state index >= 15 is 0 Å². The van der Waals surface area contributed by atoms with Gasteiger partial charge in [-0.05, 0) is 19.4 Å². The van der Waals surface area contributed by atoms with E-state index in [-0.39, 0.29) is 18.2 Å². The first-order valence-corrected chi connectivity index (χ1v) is 5.85. The summed E-state index contributed by atoms with van der Waals surface area (Å²) in [6.45, 7) is 4.82. The van der Waals surface area contributed by atoms with Crippen LogP contribution in [0, 0.1) is 11.3 Å². The number of ether oxygens (including phenoxy) is 1. The molecular formula is C12H16N4O2. The Morgan fingerprint density at radius 3 is 2.94 bits per heavy atom. The highest BCUT2D eigenvalue weighted by atomic mass is 16.5. The maximum atomic E-state index is 11.5. The van der Waals surface area contributed by atoms with Gasteiger partial charge >= 0.3 is 5.97 Å². The van der Waals surface area contributed by atoms with Crippen molar-refractivity contribution in [1.29, 1.82) is 5.26 Å². The van der Waals surface area contributed by atoms with Crippen LogP contribution in [0.2, 0.25) is 0 Å². The van der Waals surface area contributed by atoms with Crippen LogP contribution in [0.3, 0.4) is 0 Å². The van der Waals surface area contributed by atoms with E-state index in [9.17, 15) is 4.79 Å². The van der Waals surface area contributed by atoms with Gasteiger partial charge in [0.1, 0.15) is 18.3 Å². The van der Waals surface area contributed by atoms with Crippen LogP contribution in [0.25, 0.3) is 0 Å². The van der Waals surface area contributed by atoms with Crippen molar-refractivity contribution >= 4 is 11.9 Å². The molecular weight excluding hydrogens is 232 g/mol. The molecule has 0 aliphatic carbocycles. The Balaban J connectivity index is 2.83. The molecule has 6 nitrogen and oxygen atoms in total. The van der Waals surface area contributed by atoms with Crippen molar-refractivity contribution in [1.82, 2.24) is 9.97 Å². The summed E-state index contributed by atoms with van der Waals surface area (Å²) < 4.78 is 4.90. The highest BCUT2D eigenvalue weighted by Crippen LogP contribution is 2.08. The molecule has 0 fully saturated rings. The van der Waals surface area contributed by atoms with Crippen LogP contribution in [0.15, 0.2) is 12.3 Å². The highest BCUT2D eigenvalue weighted by Gasteiger charge is 2.14. The highest BCUT2D eigenvalue weighted by molar-refractivity contribution is 5.74. The van der Waals surface area contributed by atoms with E-state index in [4.69, 9.17) is 10.00 Å². The molecule has 1 aromatic rings. The van der Waals surface area contributed by atoms with E-state index in [1.807, 2.05) is 13.0 Å². The normalized spacial score (nSPS) is 9.61. The standard InChI is InChI=1S/C12H16N4O2/c1-3-7-16(9-11(17)18-4-2)12-14-6-5-10(8-13)15-12/h5-6H,3-4,7,9H2,1-2H3. The first kappa shape index (κ1) is 13.9. The van der Waals surface area contributed by atoms with Crippen molar-refractivity contribution in [3.63, 3.8) is 0 Å². The molecule has 1 aromatic heterocycles. The van der Waals surface area contributed by atoms with E-state index < -0.39 is 0 Å². The van der Waals surface area contributed by atoms with Crippen LogP contribution in [0.1, 0.15) is 26.0 Å². The Hall–Kier alpha value is -2.16. The number of nitrogens with zero attached hydrogens (tertiary/aromatic N) is 4. The van der Waals surface area contributed by atoms with E-state index in [2.05, 4.69) is 9.97 Å². The predicted octanol–water partition coefficient (Wildman–Crippen LogP) is 1.13. The number of rotatable bonds is 6. The van der Waals surface area contributed by atoms with Crippen LogP contribution in [0.5, 0.6) is 0 Å². The Kier molecular flexibility index (Phi) is 5.58. The van der Waals surface area contributed by atoms with Gasteiger partial charge in [-0.2, -0.15) is 5.26 Å². The molecule has 0 amide bonds. The number of carbonyl (C=O) groups is 1. The molecule has 6 heteroatoms. The lowest BCUT2D eigenvalue weighted by Crippen LogP contribution is -2.33. The molecule has 0 aliphatic heterocycles. The van der Waals surface area contributed by atoms with Crippen LogP contribution < -0.4 is 4.90 Å². The third-order valence-electron chi connectivity index (χ3n) is 2.16. The molecule has 0 aromatic carbocycles. The number of aromatic nitrogens is 2. The number of anilines is 1. The van der Waals surface area contributed by atoms with Gasteiger partial charge in [-0.1, -0.05) is 6.92 Å². The molecule has 0 saturated carbocycles. The van der Waals surface area contributed by atoms with E-state index in [0.717, 1.165) is 6.42 Å². The first-order valence-electron chi connectivity index (χ1n) is 5.85. The van der Waals surface area contributed by atoms with E-state index in [1.165, 1.54) is 12.3 Å². The number of esters is 1. The van der Waals surface area contributed by atoms with Crippen LogP contribution in [-0.2, 0) is 9.53 Å². The van der Waals surface area contributed by atoms with E-state index in [1.54, 1.807) is 11.8 Å². The largest absolute Gasteiger partial charge is 0.465 e. The lowest BCUT2D eigenvalue weighted by atomic mass is 10.4. The molecule has 0 saturated heterocycles. The maximum absolute atomic E-state index is 11.5. The van der Waals surface area contributed by atoms with Crippen molar-refractivity contribution in [2.75, 3.05) is 24.6 Å². The molecule has 0 radical (unpaired) electrons. The monoisotopic (exact) mass is 248 g/mol. The fraction of sp³-hybridized carbons (Fsp3) is 0.500. The summed E-state index contributed by atoms with van der Waals surface area (Å²) in [4.78, 5) is 21.3. The van der Waals surface area contributed by atoms with Crippen LogP contribution in [0.4, 0.5) is 5.95 Å². The zero-order valence-corrected chi connectivity index (χ0v) is 10.6. The lowest BCUT2D eigenvalue weighted by molar-refractivity contribution is -0.141. The van der Waals surface area contributed by atoms with Gasteiger partial charge in [-0.3, -0.25) is 4.79 Å². The summed E-state index contributed by atoms with van der Waals surface area (Å²) in [5.74, 6) is 0.0564. The van der Waals surface area contributed by atoms with Crippen molar-refractivity contribution in [3.8, 4) is 6.07 Å². The topological polar surface area (TPSA) is 79.1 Å². The van der Waals surface area contributed by atoms with Crippen molar-refractivity contribution in [3.05, 3.63) is 18.0 Å². The van der Waals surface area contributed by atoms with Crippen molar-refractivity contribution in [2.45, 2.75) is 20.3 Å². The second-order valence-corrected chi connectivity index (χ2v) is 3.58. The minimum absolute atomic E-state index is 0.0938. The molecule has 0 atom stereocenters. The van der Waals surface area contributed by atoms with Gasteiger partial charge in [0.2, 0.25) is 5.95 Å². The lowest BCUT2D eigenvalue weighted by Gasteiger charge is -2.20. The summed E-state index contributed by atoms with van der Waals surface area (Å²) in [5, 5.41) is 8.79. The molecule has 0 unspecified atom stereocenters. The Morgan fingerprint density at radius 1 is 1.56 bits per heavy atom. The Labute approximate surface area is 106 Å². The molecule has 0 spiro atoms. The van der Waals surface area contributed by atoms with Crippen molar-refractivity contribution in [2.24, 2.45) is 0 Å². The fourth-order valence-electron chi connectivity index (χ4n) is 1.45. The molecule has 96 valence electrons. The van der Waals surface area contributed by atoms with Crippen LogP contribution in [-0.4, -0.2) is 35.6 Å². The van der Waals surface area contributed by atoms with Gasteiger partial charge in [0.25, 0.3) is 0 Å². The summed E-state index contributed by atoms with van der Waals surface area (Å²) in [6.07, 6.45) is 2.36. The van der Waals surface area contributed by atoms with E-state index in [0.29, 0.717) is 19.1 Å². The second-order valence-electron chi connectivity index (χ2n) is 3.58. The number of hydrogen-bond acceptors (Lipinski definition) is 6. The number of hydrogen-bond donors (Lipinski definition) is 0. The zero-order chi connectivity index (χ0) is 13.4.